The summed E-state index contributed by atoms with van der Waals surface area (Å²) in [6, 6.07) is 0. The summed E-state index contributed by atoms with van der Waals surface area (Å²) in [5, 5.41) is 16.0. The van der Waals surface area contributed by atoms with Gasteiger partial charge in [-0.1, -0.05) is 26.7 Å². The standard InChI is InChI=1S/C8H16O2.C2H4O2.2H2O.2Y/c1-3-5-6-7(4-2)8(9)10;1-2(3)4;;;;/h7H,3-6H2,1-2H3,(H,9,10);1H3,(H,3,4);2*1H2;;. The van der Waals surface area contributed by atoms with E-state index in [9.17, 15) is 4.79 Å². The predicted molar refractivity (Wildman–Crippen MR) is 61.5 cm³/mol. The van der Waals surface area contributed by atoms with Crippen LogP contribution in [0.25, 0.3) is 0 Å². The van der Waals surface area contributed by atoms with Gasteiger partial charge in [0.2, 0.25) is 0 Å². The average Bonchev–Trinajstić information content (AvgIpc) is 2.04. The van der Waals surface area contributed by atoms with Crippen molar-refractivity contribution in [1.82, 2.24) is 0 Å². The molecule has 0 rings (SSSR count). The van der Waals surface area contributed by atoms with Crippen molar-refractivity contribution in [2.24, 2.45) is 5.92 Å². The minimum absolute atomic E-state index is 0. The van der Waals surface area contributed by atoms with Crippen LogP contribution in [0.3, 0.4) is 0 Å². The molecule has 0 heterocycles. The number of carbonyl (C=O) groups is 2. The van der Waals surface area contributed by atoms with E-state index < -0.39 is 11.9 Å². The molecular formula is C10H24O6Y2. The summed E-state index contributed by atoms with van der Waals surface area (Å²) >= 11 is 0. The molecule has 6 N–H and O–H groups in total. The number of carboxylic acids is 2. The fraction of sp³-hybridized carbons (Fsp3) is 0.800. The Morgan fingerprint density at radius 3 is 1.56 bits per heavy atom. The molecule has 0 aromatic carbocycles. The van der Waals surface area contributed by atoms with Gasteiger partial charge in [0.25, 0.3) is 5.97 Å². The molecule has 0 aliphatic heterocycles. The third-order valence-electron chi connectivity index (χ3n) is 1.75. The van der Waals surface area contributed by atoms with Gasteiger partial charge in [-0.15, -0.1) is 0 Å². The van der Waals surface area contributed by atoms with Gasteiger partial charge in [0, 0.05) is 72.3 Å². The van der Waals surface area contributed by atoms with E-state index in [1.165, 1.54) is 0 Å². The summed E-state index contributed by atoms with van der Waals surface area (Å²) in [5.74, 6) is -1.59. The van der Waals surface area contributed by atoms with Crippen LogP contribution in [-0.4, -0.2) is 33.1 Å². The summed E-state index contributed by atoms with van der Waals surface area (Å²) in [5.41, 5.74) is 0. The first-order chi connectivity index (χ1) is 6.45. The Morgan fingerprint density at radius 1 is 1.06 bits per heavy atom. The molecule has 0 bridgehead atoms. The molecule has 6 nitrogen and oxygen atoms in total. The molecule has 0 aromatic heterocycles. The number of hydrogen-bond donors (Lipinski definition) is 2. The van der Waals surface area contributed by atoms with Gasteiger partial charge in [-0.2, -0.15) is 0 Å². The molecule has 0 spiro atoms. The van der Waals surface area contributed by atoms with Gasteiger partial charge < -0.3 is 21.2 Å². The van der Waals surface area contributed by atoms with Crippen molar-refractivity contribution in [3.8, 4) is 0 Å². The summed E-state index contributed by atoms with van der Waals surface area (Å²) in [6.45, 7) is 5.09. The van der Waals surface area contributed by atoms with Crippen LogP contribution in [0.15, 0.2) is 0 Å². The topological polar surface area (TPSA) is 138 Å². The Balaban J connectivity index is -0.0000000402. The average molecular weight is 418 g/mol. The van der Waals surface area contributed by atoms with Crippen molar-refractivity contribution in [1.29, 1.82) is 0 Å². The quantitative estimate of drug-likeness (QED) is 0.680. The van der Waals surface area contributed by atoms with Gasteiger partial charge in [0.05, 0.1) is 5.92 Å². The molecular weight excluding hydrogens is 394 g/mol. The Kier molecular flexibility index (Phi) is 53.9. The summed E-state index contributed by atoms with van der Waals surface area (Å²) < 4.78 is 0. The zero-order chi connectivity index (χ0) is 11.6. The molecule has 0 aromatic rings. The maximum absolute atomic E-state index is 10.4. The molecule has 1 atom stereocenters. The first-order valence-electron chi connectivity index (χ1n) is 4.87. The van der Waals surface area contributed by atoms with Crippen LogP contribution in [0, 0.1) is 5.92 Å². The summed E-state index contributed by atoms with van der Waals surface area (Å²) in [7, 11) is 0. The van der Waals surface area contributed by atoms with Gasteiger partial charge in [-0.05, 0) is 12.8 Å². The number of hydrogen-bond acceptors (Lipinski definition) is 2. The van der Waals surface area contributed by atoms with E-state index in [1.54, 1.807) is 0 Å². The van der Waals surface area contributed by atoms with Crippen LogP contribution >= 0.6 is 0 Å². The molecule has 0 aliphatic rings. The second-order valence-corrected chi connectivity index (χ2v) is 3.10. The van der Waals surface area contributed by atoms with Gasteiger partial charge in [-0.25, -0.2) is 0 Å². The van der Waals surface area contributed by atoms with Crippen LogP contribution in [0.5, 0.6) is 0 Å². The zero-order valence-corrected chi connectivity index (χ0v) is 16.9. The number of carboxylic acid groups (broad SMARTS) is 2. The summed E-state index contributed by atoms with van der Waals surface area (Å²) in [4.78, 5) is 19.4. The Labute approximate surface area is 159 Å². The van der Waals surface area contributed by atoms with Crippen LogP contribution in [0.2, 0.25) is 0 Å². The number of rotatable bonds is 5. The largest absolute Gasteiger partial charge is 0.481 e. The Bertz CT molecular complexity index is 174. The van der Waals surface area contributed by atoms with E-state index in [0.29, 0.717) is 0 Å². The normalized spacial score (nSPS) is 8.61. The van der Waals surface area contributed by atoms with E-state index in [2.05, 4.69) is 6.92 Å². The van der Waals surface area contributed by atoms with E-state index in [0.717, 1.165) is 32.6 Å². The zero-order valence-electron chi connectivity index (χ0n) is 11.3. The minimum atomic E-state index is -0.833. The van der Waals surface area contributed by atoms with E-state index >= 15 is 0 Å². The number of aliphatic carboxylic acids is 2. The third kappa shape index (κ3) is 36.0. The maximum Gasteiger partial charge on any atom is 0.306 e. The van der Waals surface area contributed by atoms with Crippen molar-refractivity contribution in [3.05, 3.63) is 0 Å². The molecule has 1 unspecified atom stereocenters. The molecule has 0 aliphatic carbocycles. The fourth-order valence-corrected chi connectivity index (χ4v) is 0.953. The summed E-state index contributed by atoms with van der Waals surface area (Å²) in [6.07, 6.45) is 3.71. The molecule has 0 saturated heterocycles. The van der Waals surface area contributed by atoms with Crippen molar-refractivity contribution >= 4 is 11.9 Å². The van der Waals surface area contributed by atoms with Gasteiger partial charge in [0.15, 0.2) is 0 Å². The molecule has 0 fully saturated rings. The first kappa shape index (κ1) is 36.5. The molecule has 2 radical (unpaired) electrons. The van der Waals surface area contributed by atoms with Gasteiger partial charge in [-0.3, -0.25) is 9.59 Å². The second kappa shape index (κ2) is 26.6. The minimum Gasteiger partial charge on any atom is -0.481 e. The second-order valence-electron chi connectivity index (χ2n) is 3.10. The van der Waals surface area contributed by atoms with Crippen molar-refractivity contribution < 1.29 is 96.2 Å². The van der Waals surface area contributed by atoms with E-state index in [1.807, 2.05) is 6.92 Å². The fourth-order valence-electron chi connectivity index (χ4n) is 0.953. The van der Waals surface area contributed by atoms with Crippen LogP contribution < -0.4 is 0 Å². The van der Waals surface area contributed by atoms with Gasteiger partial charge in [0.1, 0.15) is 0 Å². The first-order valence-corrected chi connectivity index (χ1v) is 4.87. The third-order valence-corrected chi connectivity index (χ3v) is 1.75. The van der Waals surface area contributed by atoms with E-state index in [-0.39, 0.29) is 82.3 Å². The van der Waals surface area contributed by atoms with Crippen molar-refractivity contribution in [2.45, 2.75) is 46.5 Å². The van der Waals surface area contributed by atoms with Crippen molar-refractivity contribution in [3.63, 3.8) is 0 Å². The smallest absolute Gasteiger partial charge is 0.306 e. The number of unbranched alkanes of at least 4 members (excludes halogenated alkanes) is 1. The van der Waals surface area contributed by atoms with Crippen LogP contribution in [0.1, 0.15) is 46.5 Å². The van der Waals surface area contributed by atoms with Crippen molar-refractivity contribution in [2.75, 3.05) is 0 Å². The van der Waals surface area contributed by atoms with Crippen LogP contribution in [-0.2, 0) is 75.0 Å². The molecule has 0 saturated carbocycles. The molecule has 8 heteroatoms. The van der Waals surface area contributed by atoms with Crippen LogP contribution in [0.4, 0.5) is 0 Å². The SMILES string of the molecule is CC(=O)O.CCCCC(CC)C(=O)O.O.O.[Y].[Y]. The molecule has 0 amide bonds. The Hall–Kier alpha value is 1.07. The molecule has 18 heavy (non-hydrogen) atoms. The maximum atomic E-state index is 10.4. The van der Waals surface area contributed by atoms with E-state index in [4.69, 9.17) is 15.0 Å². The predicted octanol–water partition coefficient (Wildman–Crippen LogP) is 0.724. The Morgan fingerprint density at radius 2 is 1.39 bits per heavy atom. The molecule has 106 valence electrons. The monoisotopic (exact) mass is 418 g/mol. The van der Waals surface area contributed by atoms with Gasteiger partial charge >= 0.3 is 5.97 Å².